The topological polar surface area (TPSA) is 39.9 Å². The van der Waals surface area contributed by atoms with Gasteiger partial charge in [-0.15, -0.1) is 0 Å². The van der Waals surface area contributed by atoms with Crippen molar-refractivity contribution in [2.45, 2.75) is 37.5 Å². The first kappa shape index (κ1) is 10.6. The van der Waals surface area contributed by atoms with E-state index in [9.17, 15) is 5.26 Å². The smallest absolute Gasteiger partial charge is 0.133 e. The molecule has 1 saturated heterocycles. The molecule has 3 rings (SSSR count). The molecule has 2 heterocycles. The van der Waals surface area contributed by atoms with Gasteiger partial charge in [0, 0.05) is 24.8 Å². The Bertz CT molecular complexity index is 451. The summed E-state index contributed by atoms with van der Waals surface area (Å²) in [7, 11) is 0. The summed E-state index contributed by atoms with van der Waals surface area (Å²) in [5.74, 6) is 1.06. The Kier molecular flexibility index (Phi) is 2.51. The molecule has 2 aliphatic rings. The van der Waals surface area contributed by atoms with Crippen LogP contribution in [-0.2, 0) is 5.41 Å². The SMILES string of the molecule is N#CC1(c2cccnc2N2CCCCC2)CC1. The molecular weight excluding hydrogens is 210 g/mol. The van der Waals surface area contributed by atoms with Gasteiger partial charge in [-0.3, -0.25) is 0 Å². The summed E-state index contributed by atoms with van der Waals surface area (Å²) in [6.07, 6.45) is 7.65. The van der Waals surface area contributed by atoms with Gasteiger partial charge in [0.2, 0.25) is 0 Å². The fourth-order valence-corrected chi connectivity index (χ4v) is 2.69. The number of piperidine rings is 1. The largest absolute Gasteiger partial charge is 0.356 e. The molecule has 17 heavy (non-hydrogen) atoms. The maximum absolute atomic E-state index is 9.34. The zero-order valence-corrected chi connectivity index (χ0v) is 10.0. The van der Waals surface area contributed by atoms with Crippen molar-refractivity contribution in [3.63, 3.8) is 0 Å². The maximum atomic E-state index is 9.34. The molecule has 0 atom stereocenters. The van der Waals surface area contributed by atoms with Crippen LogP contribution in [0.3, 0.4) is 0 Å². The highest BCUT2D eigenvalue weighted by molar-refractivity contribution is 5.56. The van der Waals surface area contributed by atoms with Crippen molar-refractivity contribution in [2.75, 3.05) is 18.0 Å². The van der Waals surface area contributed by atoms with Crippen LogP contribution in [0.2, 0.25) is 0 Å². The molecule has 1 aromatic heterocycles. The van der Waals surface area contributed by atoms with Crippen LogP contribution in [-0.4, -0.2) is 18.1 Å². The summed E-state index contributed by atoms with van der Waals surface area (Å²) in [5.41, 5.74) is 0.936. The Morgan fingerprint density at radius 3 is 2.65 bits per heavy atom. The molecule has 0 N–H and O–H groups in total. The number of hydrogen-bond acceptors (Lipinski definition) is 3. The van der Waals surface area contributed by atoms with Gasteiger partial charge >= 0.3 is 0 Å². The number of rotatable bonds is 2. The van der Waals surface area contributed by atoms with Crippen LogP contribution in [0, 0.1) is 11.3 Å². The van der Waals surface area contributed by atoms with E-state index in [1.54, 1.807) is 0 Å². The Morgan fingerprint density at radius 2 is 2.00 bits per heavy atom. The zero-order valence-electron chi connectivity index (χ0n) is 10.0. The summed E-state index contributed by atoms with van der Waals surface area (Å²) in [5, 5.41) is 9.34. The van der Waals surface area contributed by atoms with Crippen molar-refractivity contribution >= 4 is 5.82 Å². The van der Waals surface area contributed by atoms with Crippen LogP contribution < -0.4 is 4.90 Å². The van der Waals surface area contributed by atoms with Crippen molar-refractivity contribution in [2.24, 2.45) is 0 Å². The van der Waals surface area contributed by atoms with Gasteiger partial charge in [-0.2, -0.15) is 5.26 Å². The van der Waals surface area contributed by atoms with Gasteiger partial charge in [-0.25, -0.2) is 4.98 Å². The van der Waals surface area contributed by atoms with E-state index in [1.807, 2.05) is 12.3 Å². The fraction of sp³-hybridized carbons (Fsp3) is 0.571. The Balaban J connectivity index is 1.96. The van der Waals surface area contributed by atoms with Crippen molar-refractivity contribution in [3.8, 4) is 6.07 Å². The summed E-state index contributed by atoms with van der Waals surface area (Å²) in [6.45, 7) is 2.18. The second-order valence-electron chi connectivity index (χ2n) is 5.12. The van der Waals surface area contributed by atoms with Gasteiger partial charge in [-0.1, -0.05) is 6.07 Å². The van der Waals surface area contributed by atoms with Crippen molar-refractivity contribution in [1.82, 2.24) is 4.98 Å². The number of nitriles is 1. The van der Waals surface area contributed by atoms with Crippen LogP contribution in [0.5, 0.6) is 0 Å². The van der Waals surface area contributed by atoms with Crippen LogP contribution in [0.15, 0.2) is 18.3 Å². The molecule has 3 heteroatoms. The predicted octanol–water partition coefficient (Wildman–Crippen LogP) is 2.63. The van der Waals surface area contributed by atoms with Crippen molar-refractivity contribution < 1.29 is 0 Å². The van der Waals surface area contributed by atoms with Crippen LogP contribution in [0.4, 0.5) is 5.82 Å². The molecule has 0 amide bonds. The zero-order chi connectivity index (χ0) is 11.7. The van der Waals surface area contributed by atoms with Crippen LogP contribution >= 0.6 is 0 Å². The minimum atomic E-state index is -0.221. The molecule has 2 fully saturated rings. The molecule has 3 nitrogen and oxygen atoms in total. The molecular formula is C14H17N3. The Labute approximate surface area is 102 Å². The van der Waals surface area contributed by atoms with E-state index in [2.05, 4.69) is 22.0 Å². The van der Waals surface area contributed by atoms with Crippen LogP contribution in [0.1, 0.15) is 37.7 Å². The molecule has 0 spiro atoms. The van der Waals surface area contributed by atoms with Gasteiger partial charge in [0.15, 0.2) is 0 Å². The minimum absolute atomic E-state index is 0.221. The van der Waals surface area contributed by atoms with Gasteiger partial charge in [-0.05, 0) is 38.2 Å². The molecule has 88 valence electrons. The number of hydrogen-bond donors (Lipinski definition) is 0. The second kappa shape index (κ2) is 4.03. The number of pyridine rings is 1. The quantitative estimate of drug-likeness (QED) is 0.779. The molecule has 1 saturated carbocycles. The number of aromatic nitrogens is 1. The molecule has 0 radical (unpaired) electrons. The molecule has 0 bridgehead atoms. The molecule has 1 aliphatic heterocycles. The molecule has 1 aliphatic carbocycles. The predicted molar refractivity (Wildman–Crippen MR) is 66.8 cm³/mol. The van der Waals surface area contributed by atoms with Gasteiger partial charge in [0.25, 0.3) is 0 Å². The third-order valence-electron chi connectivity index (χ3n) is 3.92. The van der Waals surface area contributed by atoms with Gasteiger partial charge in [0.05, 0.1) is 11.5 Å². The third-order valence-corrected chi connectivity index (χ3v) is 3.92. The molecule has 1 aromatic rings. The van der Waals surface area contributed by atoms with E-state index in [1.165, 1.54) is 19.3 Å². The Hall–Kier alpha value is -1.56. The number of anilines is 1. The Morgan fingerprint density at radius 1 is 1.24 bits per heavy atom. The average Bonchev–Trinajstić information content (AvgIpc) is 3.21. The lowest BCUT2D eigenvalue weighted by Gasteiger charge is -2.30. The average molecular weight is 227 g/mol. The van der Waals surface area contributed by atoms with Crippen molar-refractivity contribution in [1.29, 1.82) is 5.26 Å². The second-order valence-corrected chi connectivity index (χ2v) is 5.12. The first-order valence-corrected chi connectivity index (χ1v) is 6.47. The highest BCUT2D eigenvalue weighted by Gasteiger charge is 2.47. The molecule has 0 aromatic carbocycles. The van der Waals surface area contributed by atoms with E-state index >= 15 is 0 Å². The monoisotopic (exact) mass is 227 g/mol. The number of nitrogens with zero attached hydrogens (tertiary/aromatic N) is 3. The lowest BCUT2D eigenvalue weighted by molar-refractivity contribution is 0.570. The highest BCUT2D eigenvalue weighted by atomic mass is 15.2. The maximum Gasteiger partial charge on any atom is 0.133 e. The van der Waals surface area contributed by atoms with E-state index in [-0.39, 0.29) is 5.41 Å². The third kappa shape index (κ3) is 1.78. The van der Waals surface area contributed by atoms with E-state index in [0.717, 1.165) is 37.3 Å². The summed E-state index contributed by atoms with van der Waals surface area (Å²) >= 11 is 0. The van der Waals surface area contributed by atoms with E-state index < -0.39 is 0 Å². The lowest BCUT2D eigenvalue weighted by Crippen LogP contribution is -2.31. The summed E-state index contributed by atoms with van der Waals surface area (Å²) in [6, 6.07) is 6.53. The molecule has 0 unspecified atom stereocenters. The summed E-state index contributed by atoms with van der Waals surface area (Å²) < 4.78 is 0. The first-order chi connectivity index (χ1) is 8.36. The normalized spacial score (nSPS) is 21.9. The van der Waals surface area contributed by atoms with Gasteiger partial charge < -0.3 is 4.90 Å². The summed E-state index contributed by atoms with van der Waals surface area (Å²) in [4.78, 5) is 6.89. The highest BCUT2D eigenvalue weighted by Crippen LogP contribution is 2.50. The van der Waals surface area contributed by atoms with Crippen molar-refractivity contribution in [3.05, 3.63) is 23.9 Å². The minimum Gasteiger partial charge on any atom is -0.356 e. The lowest BCUT2D eigenvalue weighted by atomic mass is 9.97. The van der Waals surface area contributed by atoms with E-state index in [4.69, 9.17) is 0 Å². The van der Waals surface area contributed by atoms with E-state index in [0.29, 0.717) is 0 Å². The van der Waals surface area contributed by atoms with Gasteiger partial charge in [0.1, 0.15) is 5.82 Å². The fourth-order valence-electron chi connectivity index (χ4n) is 2.69. The van der Waals surface area contributed by atoms with Crippen LogP contribution in [0.25, 0.3) is 0 Å². The standard InChI is InChI=1S/C14H17N3/c15-11-14(6-7-14)12-5-4-8-16-13(12)17-9-2-1-3-10-17/h4-5,8H,1-3,6-7,9-10H2. The first-order valence-electron chi connectivity index (χ1n) is 6.47.